The number of carbonyl (C=O) groups excluding carboxylic acids is 1. The van der Waals surface area contributed by atoms with E-state index < -0.39 is 0 Å². The standard InChI is InChI=1S/C17H24N2O2/c1-13(2)17(8-9-18-12-17)16(20)19-10-5-11-21-15-7-4-3-6-14(15)19/h3-4,6-7,13,18H,5,8-12H2,1-2H3. The molecule has 3 rings (SSSR count). The Hall–Kier alpha value is -1.55. The molecule has 1 fully saturated rings. The van der Waals surface area contributed by atoms with Crippen LogP contribution in [-0.4, -0.2) is 32.1 Å². The number of nitrogens with one attached hydrogen (secondary N) is 1. The van der Waals surface area contributed by atoms with Crippen molar-refractivity contribution < 1.29 is 9.53 Å². The van der Waals surface area contributed by atoms with Gasteiger partial charge < -0.3 is 15.0 Å². The molecule has 1 aromatic carbocycles. The molecule has 0 spiro atoms. The normalized spacial score (nSPS) is 25.4. The molecule has 1 N–H and O–H groups in total. The largest absolute Gasteiger partial charge is 0.491 e. The summed E-state index contributed by atoms with van der Waals surface area (Å²) in [6.07, 6.45) is 1.80. The van der Waals surface area contributed by atoms with Crippen LogP contribution in [0.15, 0.2) is 24.3 Å². The van der Waals surface area contributed by atoms with E-state index in [1.807, 2.05) is 29.2 Å². The molecule has 0 aliphatic carbocycles. The van der Waals surface area contributed by atoms with Crippen molar-refractivity contribution in [1.82, 2.24) is 5.32 Å². The third-order valence-electron chi connectivity index (χ3n) is 4.90. The second-order valence-electron chi connectivity index (χ2n) is 6.36. The third kappa shape index (κ3) is 2.42. The van der Waals surface area contributed by atoms with Crippen molar-refractivity contribution in [2.75, 3.05) is 31.1 Å². The van der Waals surface area contributed by atoms with Gasteiger partial charge in [-0.05, 0) is 37.4 Å². The lowest BCUT2D eigenvalue weighted by Crippen LogP contribution is -2.48. The summed E-state index contributed by atoms with van der Waals surface area (Å²) < 4.78 is 5.78. The van der Waals surface area contributed by atoms with Crippen LogP contribution in [0.4, 0.5) is 5.69 Å². The fourth-order valence-corrected chi connectivity index (χ4v) is 3.44. The number of amides is 1. The van der Waals surface area contributed by atoms with E-state index >= 15 is 0 Å². The number of fused-ring (bicyclic) bond motifs is 1. The number of carbonyl (C=O) groups is 1. The fraction of sp³-hybridized carbons (Fsp3) is 0.588. The predicted octanol–water partition coefficient (Wildman–Crippen LogP) is 2.44. The van der Waals surface area contributed by atoms with Crippen molar-refractivity contribution in [3.05, 3.63) is 24.3 Å². The second kappa shape index (κ2) is 5.68. The highest BCUT2D eigenvalue weighted by atomic mass is 16.5. The molecule has 0 aromatic heterocycles. The first kappa shape index (κ1) is 14.4. The van der Waals surface area contributed by atoms with E-state index in [9.17, 15) is 4.79 Å². The van der Waals surface area contributed by atoms with Crippen molar-refractivity contribution in [2.45, 2.75) is 26.7 Å². The van der Waals surface area contributed by atoms with Crippen LogP contribution in [0.1, 0.15) is 26.7 Å². The van der Waals surface area contributed by atoms with Crippen LogP contribution in [0.2, 0.25) is 0 Å². The van der Waals surface area contributed by atoms with Gasteiger partial charge in [0.1, 0.15) is 5.75 Å². The van der Waals surface area contributed by atoms with Gasteiger partial charge in [0, 0.05) is 13.1 Å². The van der Waals surface area contributed by atoms with E-state index in [-0.39, 0.29) is 11.3 Å². The number of hydrogen-bond acceptors (Lipinski definition) is 3. The van der Waals surface area contributed by atoms with E-state index in [0.29, 0.717) is 12.5 Å². The maximum Gasteiger partial charge on any atom is 0.234 e. The number of anilines is 1. The smallest absolute Gasteiger partial charge is 0.234 e. The average molecular weight is 288 g/mol. The quantitative estimate of drug-likeness (QED) is 0.909. The van der Waals surface area contributed by atoms with Crippen molar-refractivity contribution in [1.29, 1.82) is 0 Å². The molecule has 0 saturated carbocycles. The van der Waals surface area contributed by atoms with Gasteiger partial charge in [-0.2, -0.15) is 0 Å². The van der Waals surface area contributed by atoms with Crippen LogP contribution in [0, 0.1) is 11.3 Å². The zero-order chi connectivity index (χ0) is 14.9. The molecule has 1 unspecified atom stereocenters. The summed E-state index contributed by atoms with van der Waals surface area (Å²) in [5, 5.41) is 3.38. The summed E-state index contributed by atoms with van der Waals surface area (Å²) in [6, 6.07) is 7.88. The van der Waals surface area contributed by atoms with Crippen molar-refractivity contribution >= 4 is 11.6 Å². The van der Waals surface area contributed by atoms with E-state index in [1.165, 1.54) is 0 Å². The Morgan fingerprint density at radius 3 is 2.90 bits per heavy atom. The molecule has 0 bridgehead atoms. The predicted molar refractivity (Wildman–Crippen MR) is 83.7 cm³/mol. The molecule has 1 aromatic rings. The van der Waals surface area contributed by atoms with Crippen LogP contribution in [0.25, 0.3) is 0 Å². The number of benzene rings is 1. The Bertz CT molecular complexity index is 521. The summed E-state index contributed by atoms with van der Waals surface area (Å²) in [6.45, 7) is 7.44. The van der Waals surface area contributed by atoms with E-state index in [1.54, 1.807) is 0 Å². The minimum Gasteiger partial charge on any atom is -0.491 e. The first-order valence-electron chi connectivity index (χ1n) is 7.90. The number of nitrogens with zero attached hydrogens (tertiary/aromatic N) is 1. The summed E-state index contributed by atoms with van der Waals surface area (Å²) in [4.78, 5) is 15.3. The van der Waals surface area contributed by atoms with Gasteiger partial charge in [0.25, 0.3) is 0 Å². The Labute approximate surface area is 126 Å². The molecule has 1 saturated heterocycles. The van der Waals surface area contributed by atoms with Gasteiger partial charge >= 0.3 is 0 Å². The average Bonchev–Trinajstić information content (AvgIpc) is 2.89. The second-order valence-corrected chi connectivity index (χ2v) is 6.36. The van der Waals surface area contributed by atoms with E-state index in [0.717, 1.165) is 43.9 Å². The number of ether oxygens (including phenoxy) is 1. The lowest BCUT2D eigenvalue weighted by molar-refractivity contribution is -0.129. The number of rotatable bonds is 2. The van der Waals surface area contributed by atoms with Crippen molar-refractivity contribution in [3.63, 3.8) is 0 Å². The maximum absolute atomic E-state index is 13.3. The monoisotopic (exact) mass is 288 g/mol. The minimum atomic E-state index is -0.280. The van der Waals surface area contributed by atoms with Gasteiger partial charge in [-0.15, -0.1) is 0 Å². The lowest BCUT2D eigenvalue weighted by atomic mass is 9.75. The third-order valence-corrected chi connectivity index (χ3v) is 4.90. The van der Waals surface area contributed by atoms with Gasteiger partial charge in [0.2, 0.25) is 5.91 Å². The Kier molecular flexibility index (Phi) is 3.89. The first-order chi connectivity index (χ1) is 10.1. The van der Waals surface area contributed by atoms with Crippen molar-refractivity contribution in [3.8, 4) is 5.75 Å². The fourth-order valence-electron chi connectivity index (χ4n) is 3.44. The Morgan fingerprint density at radius 2 is 2.19 bits per heavy atom. The molecular weight excluding hydrogens is 264 g/mol. The van der Waals surface area contributed by atoms with Gasteiger partial charge in [-0.1, -0.05) is 26.0 Å². The molecule has 1 amide bonds. The number of hydrogen-bond donors (Lipinski definition) is 1. The molecular formula is C17H24N2O2. The summed E-state index contributed by atoms with van der Waals surface area (Å²) >= 11 is 0. The molecule has 2 aliphatic heterocycles. The highest BCUT2D eigenvalue weighted by Crippen LogP contribution is 2.40. The van der Waals surface area contributed by atoms with Crippen LogP contribution in [-0.2, 0) is 4.79 Å². The molecule has 4 heteroatoms. The minimum absolute atomic E-state index is 0.250. The summed E-state index contributed by atoms with van der Waals surface area (Å²) in [7, 11) is 0. The highest BCUT2D eigenvalue weighted by molar-refractivity contribution is 5.99. The zero-order valence-corrected chi connectivity index (χ0v) is 12.9. The van der Waals surface area contributed by atoms with E-state index in [2.05, 4.69) is 19.2 Å². The van der Waals surface area contributed by atoms with Gasteiger partial charge in [0.15, 0.2) is 0 Å². The Balaban J connectivity index is 1.97. The first-order valence-corrected chi connectivity index (χ1v) is 7.90. The molecule has 2 aliphatic rings. The number of para-hydroxylation sites is 2. The maximum atomic E-state index is 13.3. The van der Waals surface area contributed by atoms with Crippen LogP contribution >= 0.6 is 0 Å². The van der Waals surface area contributed by atoms with Gasteiger partial charge in [-0.3, -0.25) is 4.79 Å². The lowest BCUT2D eigenvalue weighted by Gasteiger charge is -2.36. The molecule has 114 valence electrons. The molecule has 1 atom stereocenters. The summed E-state index contributed by atoms with van der Waals surface area (Å²) in [5.41, 5.74) is 0.643. The van der Waals surface area contributed by atoms with Crippen LogP contribution < -0.4 is 15.0 Å². The molecule has 4 nitrogen and oxygen atoms in total. The molecule has 0 radical (unpaired) electrons. The van der Waals surface area contributed by atoms with Crippen LogP contribution in [0.5, 0.6) is 5.75 Å². The van der Waals surface area contributed by atoms with Gasteiger partial charge in [-0.25, -0.2) is 0 Å². The SMILES string of the molecule is CC(C)C1(C(=O)N2CCCOc3ccccc32)CCNC1. The van der Waals surface area contributed by atoms with Crippen LogP contribution in [0.3, 0.4) is 0 Å². The highest BCUT2D eigenvalue weighted by Gasteiger charge is 2.46. The van der Waals surface area contributed by atoms with Crippen molar-refractivity contribution in [2.24, 2.45) is 11.3 Å². The van der Waals surface area contributed by atoms with Gasteiger partial charge in [0.05, 0.1) is 17.7 Å². The topological polar surface area (TPSA) is 41.6 Å². The summed E-state index contributed by atoms with van der Waals surface area (Å²) in [5.74, 6) is 1.41. The Morgan fingerprint density at radius 1 is 1.38 bits per heavy atom. The molecule has 21 heavy (non-hydrogen) atoms. The zero-order valence-electron chi connectivity index (χ0n) is 12.9. The van der Waals surface area contributed by atoms with E-state index in [4.69, 9.17) is 4.74 Å². The molecule has 2 heterocycles.